The molecule has 0 spiro atoms. The molecule has 0 unspecified atom stereocenters. The number of rotatable bonds is 8. The monoisotopic (exact) mass is 380 g/mol. The number of hydrogen-bond donors (Lipinski definition) is 0. The van der Waals surface area contributed by atoms with Crippen LogP contribution in [0.3, 0.4) is 0 Å². The van der Waals surface area contributed by atoms with Gasteiger partial charge in [-0.1, -0.05) is 39.8 Å². The van der Waals surface area contributed by atoms with E-state index in [1.165, 1.54) is 22.4 Å². The fourth-order valence-corrected chi connectivity index (χ4v) is 3.49. The van der Waals surface area contributed by atoms with Crippen LogP contribution in [0.4, 0.5) is 11.4 Å². The molecule has 0 fully saturated rings. The summed E-state index contributed by atoms with van der Waals surface area (Å²) in [5.41, 5.74) is 6.36. The quantitative estimate of drug-likeness (QED) is 0.285. The number of nitrogens with zero attached hydrogens (tertiary/aromatic N) is 2. The predicted octanol–water partition coefficient (Wildman–Crippen LogP) is 6.86. The van der Waals surface area contributed by atoms with Crippen LogP contribution in [0.15, 0.2) is 36.4 Å². The van der Waals surface area contributed by atoms with Gasteiger partial charge in [-0.3, -0.25) is 10.1 Å². The summed E-state index contributed by atoms with van der Waals surface area (Å²) in [4.78, 5) is 12.9. The molecule has 0 saturated carbocycles. The molecule has 0 aliphatic carbocycles. The molecule has 2 aromatic carbocycles. The highest BCUT2D eigenvalue weighted by molar-refractivity contribution is 5.74. The van der Waals surface area contributed by atoms with Crippen LogP contribution in [-0.2, 0) is 0 Å². The molecule has 0 heterocycles. The second-order valence-electron chi connectivity index (χ2n) is 7.71. The number of benzene rings is 2. The van der Waals surface area contributed by atoms with Crippen molar-refractivity contribution in [2.24, 2.45) is 0 Å². The third-order valence-electron chi connectivity index (χ3n) is 5.09. The van der Waals surface area contributed by atoms with Crippen molar-refractivity contribution in [2.45, 2.75) is 53.4 Å². The number of hydrogen-bond acceptors (Lipinski definition) is 3. The van der Waals surface area contributed by atoms with Gasteiger partial charge in [0, 0.05) is 30.9 Å². The first-order valence-corrected chi connectivity index (χ1v) is 10.1. The Morgan fingerprint density at radius 3 is 1.75 bits per heavy atom. The summed E-state index contributed by atoms with van der Waals surface area (Å²) in [5, 5.41) is 10.8. The fraction of sp³-hybridized carbons (Fsp3) is 0.417. The molecule has 28 heavy (non-hydrogen) atoms. The largest absolute Gasteiger partial charge is 0.372 e. The van der Waals surface area contributed by atoms with Crippen LogP contribution in [0.5, 0.6) is 0 Å². The highest BCUT2D eigenvalue weighted by Gasteiger charge is 2.19. The van der Waals surface area contributed by atoms with E-state index in [0.29, 0.717) is 11.8 Å². The average Bonchev–Trinajstić information content (AvgIpc) is 2.67. The molecule has 4 nitrogen and oxygen atoms in total. The summed E-state index contributed by atoms with van der Waals surface area (Å²) >= 11 is 0. The Balaban J connectivity index is 2.48. The molecular formula is C24H32N2O2. The maximum absolute atomic E-state index is 10.8. The van der Waals surface area contributed by atoms with Crippen LogP contribution in [-0.4, -0.2) is 18.0 Å². The number of non-ortho nitro benzene ring substituents is 1. The molecule has 0 saturated heterocycles. The van der Waals surface area contributed by atoms with Gasteiger partial charge in [-0.2, -0.15) is 0 Å². The van der Waals surface area contributed by atoms with Gasteiger partial charge in [-0.25, -0.2) is 0 Å². The summed E-state index contributed by atoms with van der Waals surface area (Å²) in [6.07, 6.45) is 4.12. The lowest BCUT2D eigenvalue weighted by atomic mass is 9.89. The molecule has 4 heteroatoms. The zero-order valence-electron chi connectivity index (χ0n) is 17.9. The van der Waals surface area contributed by atoms with Gasteiger partial charge in [-0.05, 0) is 72.2 Å². The van der Waals surface area contributed by atoms with Crippen molar-refractivity contribution < 1.29 is 4.92 Å². The van der Waals surface area contributed by atoms with E-state index in [0.717, 1.165) is 18.7 Å². The Morgan fingerprint density at radius 1 is 0.893 bits per heavy atom. The van der Waals surface area contributed by atoms with Crippen LogP contribution >= 0.6 is 0 Å². The standard InChI is InChI=1S/C24H32N2O2/c1-7-25(8-2)24-22(17(3)4)15-20(16-23(24)18(5)6)10-9-19-11-13-21(14-12-19)26(27)28/h9-18H,7-8H2,1-6H3/b10-9+. The van der Waals surface area contributed by atoms with Crippen LogP contribution in [0.25, 0.3) is 12.2 Å². The number of nitro groups is 1. The minimum atomic E-state index is -0.372. The molecule has 0 amide bonds. The Labute approximate surface area is 169 Å². The molecule has 0 N–H and O–H groups in total. The second-order valence-corrected chi connectivity index (χ2v) is 7.71. The third-order valence-corrected chi connectivity index (χ3v) is 5.09. The third kappa shape index (κ3) is 5.00. The van der Waals surface area contributed by atoms with Gasteiger partial charge >= 0.3 is 0 Å². The van der Waals surface area contributed by atoms with Crippen LogP contribution in [0.2, 0.25) is 0 Å². The smallest absolute Gasteiger partial charge is 0.269 e. The molecule has 0 radical (unpaired) electrons. The van der Waals surface area contributed by atoms with E-state index in [1.54, 1.807) is 24.3 Å². The number of anilines is 1. The summed E-state index contributed by atoms with van der Waals surface area (Å²) < 4.78 is 0. The van der Waals surface area contributed by atoms with Gasteiger partial charge in [0.1, 0.15) is 0 Å². The minimum Gasteiger partial charge on any atom is -0.372 e. The first kappa shape index (κ1) is 21.7. The van der Waals surface area contributed by atoms with E-state index >= 15 is 0 Å². The highest BCUT2D eigenvalue weighted by atomic mass is 16.6. The topological polar surface area (TPSA) is 46.4 Å². The molecule has 2 rings (SSSR count). The Kier molecular flexibility index (Phi) is 7.38. The molecule has 2 aromatic rings. The summed E-state index contributed by atoms with van der Waals surface area (Å²) in [6, 6.07) is 11.2. The van der Waals surface area contributed by atoms with Crippen molar-refractivity contribution in [3.05, 3.63) is 68.8 Å². The molecule has 150 valence electrons. The van der Waals surface area contributed by atoms with E-state index in [2.05, 4.69) is 64.7 Å². The Morgan fingerprint density at radius 2 is 1.36 bits per heavy atom. The van der Waals surface area contributed by atoms with Crippen LogP contribution < -0.4 is 4.90 Å². The average molecular weight is 381 g/mol. The Hall–Kier alpha value is -2.62. The van der Waals surface area contributed by atoms with Crippen molar-refractivity contribution >= 4 is 23.5 Å². The van der Waals surface area contributed by atoms with Crippen LogP contribution in [0.1, 0.15) is 75.6 Å². The normalized spacial score (nSPS) is 11.6. The van der Waals surface area contributed by atoms with Gasteiger partial charge in [0.2, 0.25) is 0 Å². The van der Waals surface area contributed by atoms with Crippen molar-refractivity contribution in [1.29, 1.82) is 0 Å². The van der Waals surface area contributed by atoms with Gasteiger partial charge in [0.05, 0.1) is 4.92 Å². The van der Waals surface area contributed by atoms with E-state index < -0.39 is 0 Å². The van der Waals surface area contributed by atoms with E-state index in [9.17, 15) is 10.1 Å². The maximum atomic E-state index is 10.8. The van der Waals surface area contributed by atoms with Crippen molar-refractivity contribution in [1.82, 2.24) is 0 Å². The second kappa shape index (κ2) is 9.54. The molecular weight excluding hydrogens is 348 g/mol. The zero-order valence-corrected chi connectivity index (χ0v) is 17.9. The Bertz CT molecular complexity index is 803. The van der Waals surface area contributed by atoms with Gasteiger partial charge in [0.15, 0.2) is 0 Å². The van der Waals surface area contributed by atoms with Crippen molar-refractivity contribution in [2.75, 3.05) is 18.0 Å². The fourth-order valence-electron chi connectivity index (χ4n) is 3.49. The van der Waals surface area contributed by atoms with Gasteiger partial charge < -0.3 is 4.90 Å². The zero-order chi connectivity index (χ0) is 20.8. The molecule has 0 bridgehead atoms. The lowest BCUT2D eigenvalue weighted by Gasteiger charge is -2.30. The van der Waals surface area contributed by atoms with Crippen LogP contribution in [0, 0.1) is 10.1 Å². The first-order chi connectivity index (χ1) is 13.3. The van der Waals surface area contributed by atoms with Gasteiger partial charge in [0.25, 0.3) is 5.69 Å². The minimum absolute atomic E-state index is 0.116. The van der Waals surface area contributed by atoms with Crippen molar-refractivity contribution in [3.63, 3.8) is 0 Å². The molecule has 0 aromatic heterocycles. The van der Waals surface area contributed by atoms with Gasteiger partial charge in [-0.15, -0.1) is 0 Å². The molecule has 0 aliphatic heterocycles. The lowest BCUT2D eigenvalue weighted by Crippen LogP contribution is -2.25. The first-order valence-electron chi connectivity index (χ1n) is 10.1. The summed E-state index contributed by atoms with van der Waals surface area (Å²) in [6.45, 7) is 15.4. The maximum Gasteiger partial charge on any atom is 0.269 e. The number of nitro benzene ring substituents is 1. The SMILES string of the molecule is CCN(CC)c1c(C(C)C)cc(/C=C/c2ccc([N+](=O)[O-])cc2)cc1C(C)C. The van der Waals surface area contributed by atoms with Crippen molar-refractivity contribution in [3.8, 4) is 0 Å². The predicted molar refractivity (Wildman–Crippen MR) is 120 cm³/mol. The lowest BCUT2D eigenvalue weighted by molar-refractivity contribution is -0.384. The molecule has 0 aliphatic rings. The van der Waals surface area contributed by atoms with E-state index in [1.807, 2.05) is 6.08 Å². The summed E-state index contributed by atoms with van der Waals surface area (Å²) in [5.74, 6) is 0.863. The van der Waals surface area contributed by atoms with E-state index in [4.69, 9.17) is 0 Å². The van der Waals surface area contributed by atoms with E-state index in [-0.39, 0.29) is 10.6 Å². The summed E-state index contributed by atoms with van der Waals surface area (Å²) in [7, 11) is 0. The highest BCUT2D eigenvalue weighted by Crippen LogP contribution is 2.37. The molecule has 0 atom stereocenters.